The van der Waals surface area contributed by atoms with Crippen LogP contribution in [0.1, 0.15) is 6.92 Å². The molecule has 0 N–H and O–H groups in total. The Morgan fingerprint density at radius 3 is 2.08 bits per heavy atom. The smallest absolute Gasteiger partial charge is 0.180 e. The standard InChI is InChI=1S/C9H21NOSi/c1-7-11-9(10(2)3)8-12(4,5)6/h8H,7H2,1-6H3. The molecule has 12 heavy (non-hydrogen) atoms. The van der Waals surface area contributed by atoms with Crippen LogP contribution in [0.15, 0.2) is 11.6 Å². The van der Waals surface area contributed by atoms with Crippen LogP contribution in [0.25, 0.3) is 0 Å². The molecule has 0 amide bonds. The zero-order valence-electron chi connectivity index (χ0n) is 9.14. The van der Waals surface area contributed by atoms with E-state index in [9.17, 15) is 0 Å². The van der Waals surface area contributed by atoms with Crippen LogP contribution >= 0.6 is 0 Å². The molecule has 0 heterocycles. The third-order valence-corrected chi connectivity index (χ3v) is 2.40. The fraction of sp³-hybridized carbons (Fsp3) is 0.778. The molecule has 0 saturated heterocycles. The highest BCUT2D eigenvalue weighted by Gasteiger charge is 2.12. The van der Waals surface area contributed by atoms with E-state index >= 15 is 0 Å². The summed E-state index contributed by atoms with van der Waals surface area (Å²) in [5.74, 6) is 1.01. The van der Waals surface area contributed by atoms with Gasteiger partial charge in [-0.3, -0.25) is 0 Å². The Bertz CT molecular complexity index is 158. The number of ether oxygens (including phenoxy) is 1. The van der Waals surface area contributed by atoms with Gasteiger partial charge in [-0.05, 0) is 12.6 Å². The van der Waals surface area contributed by atoms with Gasteiger partial charge in [0.1, 0.15) is 0 Å². The van der Waals surface area contributed by atoms with Crippen molar-refractivity contribution in [1.29, 1.82) is 0 Å². The van der Waals surface area contributed by atoms with Gasteiger partial charge < -0.3 is 9.64 Å². The lowest BCUT2D eigenvalue weighted by Crippen LogP contribution is -2.23. The monoisotopic (exact) mass is 187 g/mol. The minimum atomic E-state index is -1.15. The quantitative estimate of drug-likeness (QED) is 0.494. The van der Waals surface area contributed by atoms with Crippen molar-refractivity contribution in [1.82, 2.24) is 4.90 Å². The molecule has 0 aliphatic heterocycles. The highest BCUT2D eigenvalue weighted by Crippen LogP contribution is 2.09. The molecule has 0 aliphatic rings. The second-order valence-electron chi connectivity index (χ2n) is 4.18. The minimum absolute atomic E-state index is 0.745. The molecule has 3 heteroatoms. The summed E-state index contributed by atoms with van der Waals surface area (Å²) in [7, 11) is 2.88. The fourth-order valence-corrected chi connectivity index (χ4v) is 1.90. The largest absolute Gasteiger partial charge is 0.480 e. The Morgan fingerprint density at radius 2 is 1.83 bits per heavy atom. The molecule has 0 saturated carbocycles. The second kappa shape index (κ2) is 4.55. The van der Waals surface area contributed by atoms with Crippen LogP contribution in [0.2, 0.25) is 19.6 Å². The second-order valence-corrected chi connectivity index (χ2v) is 9.20. The Balaban J connectivity index is 4.39. The summed E-state index contributed by atoms with van der Waals surface area (Å²) in [6.45, 7) is 9.66. The average molecular weight is 187 g/mol. The van der Waals surface area contributed by atoms with E-state index in [1.807, 2.05) is 25.9 Å². The number of nitrogens with zero attached hydrogens (tertiary/aromatic N) is 1. The zero-order chi connectivity index (χ0) is 9.78. The van der Waals surface area contributed by atoms with E-state index in [0.29, 0.717) is 0 Å². The zero-order valence-corrected chi connectivity index (χ0v) is 10.1. The van der Waals surface area contributed by atoms with Crippen molar-refractivity contribution < 1.29 is 4.74 Å². The van der Waals surface area contributed by atoms with Crippen molar-refractivity contribution in [3.63, 3.8) is 0 Å². The normalized spacial score (nSPS) is 13.0. The summed E-state index contributed by atoms with van der Waals surface area (Å²) in [6.07, 6.45) is 0. The van der Waals surface area contributed by atoms with Crippen LogP contribution in [-0.2, 0) is 4.74 Å². The molecule has 0 rings (SSSR count). The van der Waals surface area contributed by atoms with Crippen molar-refractivity contribution in [2.24, 2.45) is 0 Å². The first-order valence-corrected chi connectivity index (χ1v) is 7.97. The van der Waals surface area contributed by atoms with Gasteiger partial charge in [0.15, 0.2) is 5.88 Å². The molecule has 2 nitrogen and oxygen atoms in total. The van der Waals surface area contributed by atoms with Gasteiger partial charge in [-0.15, -0.1) is 0 Å². The maximum absolute atomic E-state index is 5.50. The Kier molecular flexibility index (Phi) is 4.38. The molecule has 0 aromatic heterocycles. The van der Waals surface area contributed by atoms with Crippen LogP contribution in [-0.4, -0.2) is 33.7 Å². The number of hydrogen-bond donors (Lipinski definition) is 0. The lowest BCUT2D eigenvalue weighted by Gasteiger charge is -2.20. The van der Waals surface area contributed by atoms with E-state index in [4.69, 9.17) is 4.74 Å². The van der Waals surface area contributed by atoms with E-state index in [2.05, 4.69) is 25.3 Å². The summed E-state index contributed by atoms with van der Waals surface area (Å²) in [4.78, 5) is 2.03. The summed E-state index contributed by atoms with van der Waals surface area (Å²) in [5, 5.41) is 0. The maximum Gasteiger partial charge on any atom is 0.180 e. The Labute approximate surface area is 77.2 Å². The van der Waals surface area contributed by atoms with Crippen molar-refractivity contribution >= 4 is 8.07 Å². The van der Waals surface area contributed by atoms with E-state index in [0.717, 1.165) is 12.5 Å². The molecule has 0 aliphatic carbocycles. The molecule has 0 atom stereocenters. The first kappa shape index (κ1) is 11.6. The van der Waals surface area contributed by atoms with E-state index in [1.54, 1.807) is 0 Å². The van der Waals surface area contributed by atoms with Crippen LogP contribution in [0, 0.1) is 0 Å². The van der Waals surface area contributed by atoms with Crippen molar-refractivity contribution in [2.75, 3.05) is 20.7 Å². The summed E-state index contributed by atoms with van der Waals surface area (Å²) < 4.78 is 5.50. The summed E-state index contributed by atoms with van der Waals surface area (Å²) >= 11 is 0. The summed E-state index contributed by atoms with van der Waals surface area (Å²) in [6, 6.07) is 0. The molecule has 0 bridgehead atoms. The highest BCUT2D eigenvalue weighted by molar-refractivity contribution is 6.81. The molecular weight excluding hydrogens is 166 g/mol. The van der Waals surface area contributed by atoms with Gasteiger partial charge in [0, 0.05) is 14.1 Å². The minimum Gasteiger partial charge on any atom is -0.480 e. The van der Waals surface area contributed by atoms with Crippen LogP contribution < -0.4 is 0 Å². The fourth-order valence-electron chi connectivity index (χ4n) is 0.818. The van der Waals surface area contributed by atoms with Gasteiger partial charge in [0.25, 0.3) is 0 Å². The molecular formula is C9H21NOSi. The van der Waals surface area contributed by atoms with Gasteiger partial charge in [0.2, 0.25) is 0 Å². The van der Waals surface area contributed by atoms with Crippen molar-refractivity contribution in [3.8, 4) is 0 Å². The third kappa shape index (κ3) is 5.24. The SMILES string of the molecule is CCOC(=C[Si](C)(C)C)N(C)C. The van der Waals surface area contributed by atoms with Crippen LogP contribution in [0.5, 0.6) is 0 Å². The topological polar surface area (TPSA) is 12.5 Å². The molecule has 0 radical (unpaired) electrons. The lowest BCUT2D eigenvalue weighted by molar-refractivity contribution is 0.153. The predicted molar refractivity (Wildman–Crippen MR) is 56.7 cm³/mol. The van der Waals surface area contributed by atoms with Gasteiger partial charge in [-0.2, -0.15) is 0 Å². The summed E-state index contributed by atoms with van der Waals surface area (Å²) in [5.41, 5.74) is 2.27. The Hall–Kier alpha value is -0.443. The molecule has 0 spiro atoms. The van der Waals surface area contributed by atoms with Gasteiger partial charge in [0.05, 0.1) is 14.7 Å². The van der Waals surface area contributed by atoms with E-state index in [-0.39, 0.29) is 0 Å². The van der Waals surface area contributed by atoms with E-state index < -0.39 is 8.07 Å². The van der Waals surface area contributed by atoms with Gasteiger partial charge in [-0.25, -0.2) is 0 Å². The van der Waals surface area contributed by atoms with Gasteiger partial charge in [-0.1, -0.05) is 19.6 Å². The van der Waals surface area contributed by atoms with Crippen molar-refractivity contribution in [2.45, 2.75) is 26.6 Å². The average Bonchev–Trinajstić information content (AvgIpc) is 1.83. The predicted octanol–water partition coefficient (Wildman–Crippen LogP) is 2.30. The highest BCUT2D eigenvalue weighted by atomic mass is 28.3. The molecule has 0 aromatic carbocycles. The first-order chi connectivity index (χ1) is 5.37. The molecule has 0 unspecified atom stereocenters. The van der Waals surface area contributed by atoms with Crippen LogP contribution in [0.3, 0.4) is 0 Å². The molecule has 0 fully saturated rings. The Morgan fingerprint density at radius 1 is 1.33 bits per heavy atom. The number of hydrogen-bond acceptors (Lipinski definition) is 2. The third-order valence-electron chi connectivity index (χ3n) is 1.29. The van der Waals surface area contributed by atoms with E-state index in [1.165, 1.54) is 0 Å². The van der Waals surface area contributed by atoms with Gasteiger partial charge >= 0.3 is 0 Å². The van der Waals surface area contributed by atoms with Crippen molar-refractivity contribution in [3.05, 3.63) is 11.6 Å². The molecule has 72 valence electrons. The maximum atomic E-state index is 5.50. The molecule has 0 aromatic rings. The number of rotatable bonds is 4. The first-order valence-electron chi connectivity index (χ1n) is 4.40. The lowest BCUT2D eigenvalue weighted by atomic mass is 10.7. The van der Waals surface area contributed by atoms with Crippen LogP contribution in [0.4, 0.5) is 0 Å².